The molecule has 0 bridgehead atoms. The van der Waals surface area contributed by atoms with Gasteiger partial charge in [0, 0.05) is 19.3 Å². The van der Waals surface area contributed by atoms with Crippen molar-refractivity contribution in [2.45, 2.75) is 116 Å². The van der Waals surface area contributed by atoms with Crippen molar-refractivity contribution in [2.24, 2.45) is 11.8 Å². The van der Waals surface area contributed by atoms with Crippen LogP contribution in [0.25, 0.3) is 0 Å². The van der Waals surface area contributed by atoms with Crippen LogP contribution in [0.4, 0.5) is 0 Å². The number of rotatable bonds is 26. The molecule has 0 aliphatic carbocycles. The van der Waals surface area contributed by atoms with Crippen LogP contribution in [0.2, 0.25) is 0 Å². The van der Waals surface area contributed by atoms with Crippen LogP contribution < -0.4 is 10.1 Å². The van der Waals surface area contributed by atoms with E-state index in [1.165, 1.54) is 25.3 Å². The first-order valence-electron chi connectivity index (χ1n) is 16.0. The van der Waals surface area contributed by atoms with Crippen molar-refractivity contribution in [1.82, 2.24) is 5.32 Å². The number of carboxylic acid groups (broad SMARTS) is 3. The van der Waals surface area contributed by atoms with Gasteiger partial charge in [-0.2, -0.15) is 0 Å². The Kier molecular flexibility index (Phi) is 19.9. The molecule has 1 aromatic rings. The van der Waals surface area contributed by atoms with Crippen molar-refractivity contribution in [1.29, 1.82) is 0 Å². The molecular weight excluding hydrogens is 566 g/mol. The standard InChI is InChI=1S/C34H51NO9/c1-3-5-6-9-12-15-26(36)16-13-10-7-8-11-14-17-28(29(33(40)41)24-31(37)38)32(39)35-30(34(42)43)23-25-18-20-27(21-19-25)44-22-4-2/h14,17-21,28-30H,3-13,15-16,22-24H2,1-2H3,(H,35,39)(H,37,38)(H,40,41)(H,42,43)/b17-14+/t28?,29?,30-/m0/s1. The lowest BCUT2D eigenvalue weighted by Crippen LogP contribution is -2.47. The van der Waals surface area contributed by atoms with Crippen molar-refractivity contribution >= 4 is 29.6 Å². The monoisotopic (exact) mass is 617 g/mol. The molecule has 0 saturated carbocycles. The largest absolute Gasteiger partial charge is 0.494 e. The van der Waals surface area contributed by atoms with E-state index < -0.39 is 48.1 Å². The highest BCUT2D eigenvalue weighted by Crippen LogP contribution is 2.21. The molecule has 0 radical (unpaired) electrons. The number of Topliss-reactive ketones (excluding diaryl/α,β-unsaturated/α-hetero) is 1. The predicted molar refractivity (Wildman–Crippen MR) is 168 cm³/mol. The number of amides is 1. The molecule has 10 nitrogen and oxygen atoms in total. The molecule has 44 heavy (non-hydrogen) atoms. The number of carbonyl (C=O) groups excluding carboxylic acids is 2. The lowest BCUT2D eigenvalue weighted by molar-refractivity contribution is -0.152. The van der Waals surface area contributed by atoms with E-state index in [2.05, 4.69) is 12.2 Å². The van der Waals surface area contributed by atoms with E-state index in [0.29, 0.717) is 43.0 Å². The van der Waals surface area contributed by atoms with E-state index in [4.69, 9.17) is 4.74 Å². The number of hydrogen-bond donors (Lipinski definition) is 4. The van der Waals surface area contributed by atoms with Gasteiger partial charge in [-0.05, 0) is 49.8 Å². The van der Waals surface area contributed by atoms with E-state index >= 15 is 0 Å². The number of hydrogen-bond acceptors (Lipinski definition) is 6. The van der Waals surface area contributed by atoms with Crippen LogP contribution in [0.15, 0.2) is 36.4 Å². The Morgan fingerprint density at radius 2 is 1.41 bits per heavy atom. The summed E-state index contributed by atoms with van der Waals surface area (Å²) in [5, 5.41) is 31.2. The normalized spacial score (nSPS) is 13.2. The van der Waals surface area contributed by atoms with Crippen LogP contribution in [0.5, 0.6) is 5.75 Å². The molecule has 0 spiro atoms. The summed E-state index contributed by atoms with van der Waals surface area (Å²) in [6.45, 7) is 4.68. The van der Waals surface area contributed by atoms with E-state index in [9.17, 15) is 39.3 Å². The van der Waals surface area contributed by atoms with E-state index in [1.807, 2.05) is 6.92 Å². The number of benzene rings is 1. The summed E-state index contributed by atoms with van der Waals surface area (Å²) in [5.74, 6) is -7.00. The first-order valence-corrected chi connectivity index (χ1v) is 16.0. The molecule has 1 rings (SSSR count). The summed E-state index contributed by atoms with van der Waals surface area (Å²) in [5.41, 5.74) is 0.627. The minimum absolute atomic E-state index is 0.0520. The molecule has 2 unspecified atom stereocenters. The number of unbranched alkanes of at least 4 members (excludes halogenated alkanes) is 8. The number of nitrogens with one attached hydrogen (secondary N) is 1. The fourth-order valence-electron chi connectivity index (χ4n) is 4.84. The smallest absolute Gasteiger partial charge is 0.326 e. The summed E-state index contributed by atoms with van der Waals surface area (Å²) in [6, 6.07) is 5.45. The van der Waals surface area contributed by atoms with Gasteiger partial charge in [0.05, 0.1) is 24.9 Å². The molecule has 0 aliphatic rings. The molecule has 0 heterocycles. The molecule has 1 amide bonds. The van der Waals surface area contributed by atoms with Crippen molar-refractivity contribution in [3.05, 3.63) is 42.0 Å². The number of aliphatic carboxylic acids is 3. The number of ether oxygens (including phenoxy) is 1. The minimum Gasteiger partial charge on any atom is -0.494 e. The maximum Gasteiger partial charge on any atom is 0.326 e. The van der Waals surface area contributed by atoms with Gasteiger partial charge in [0.15, 0.2) is 0 Å². The molecule has 246 valence electrons. The number of carbonyl (C=O) groups is 5. The Balaban J connectivity index is 2.73. The average molecular weight is 618 g/mol. The van der Waals surface area contributed by atoms with E-state index in [-0.39, 0.29) is 6.42 Å². The first kappa shape index (κ1) is 38.3. The Morgan fingerprint density at radius 1 is 0.795 bits per heavy atom. The van der Waals surface area contributed by atoms with Crippen molar-refractivity contribution < 1.29 is 44.0 Å². The lowest BCUT2D eigenvalue weighted by Gasteiger charge is -2.22. The van der Waals surface area contributed by atoms with Crippen LogP contribution in [0.1, 0.15) is 109 Å². The topological polar surface area (TPSA) is 167 Å². The average Bonchev–Trinajstić information content (AvgIpc) is 2.98. The molecule has 4 N–H and O–H groups in total. The fourth-order valence-corrected chi connectivity index (χ4v) is 4.84. The van der Waals surface area contributed by atoms with Gasteiger partial charge >= 0.3 is 17.9 Å². The highest BCUT2D eigenvalue weighted by Gasteiger charge is 2.35. The van der Waals surface area contributed by atoms with Gasteiger partial charge in [-0.15, -0.1) is 0 Å². The Morgan fingerprint density at radius 3 is 1.95 bits per heavy atom. The van der Waals surface area contributed by atoms with Crippen LogP contribution in [0, 0.1) is 11.8 Å². The minimum atomic E-state index is -1.57. The number of ketones is 1. The van der Waals surface area contributed by atoms with Gasteiger partial charge in [0.1, 0.15) is 17.6 Å². The third-order valence-corrected chi connectivity index (χ3v) is 7.38. The van der Waals surface area contributed by atoms with Gasteiger partial charge in [0.2, 0.25) is 5.91 Å². The first-order chi connectivity index (χ1) is 21.1. The van der Waals surface area contributed by atoms with Crippen LogP contribution in [-0.4, -0.2) is 57.6 Å². The van der Waals surface area contributed by atoms with Crippen LogP contribution in [0.3, 0.4) is 0 Å². The zero-order valence-electron chi connectivity index (χ0n) is 26.3. The van der Waals surface area contributed by atoms with Crippen LogP contribution in [-0.2, 0) is 30.4 Å². The van der Waals surface area contributed by atoms with Gasteiger partial charge in [-0.3, -0.25) is 19.2 Å². The molecule has 3 atom stereocenters. The van der Waals surface area contributed by atoms with Crippen LogP contribution >= 0.6 is 0 Å². The third-order valence-electron chi connectivity index (χ3n) is 7.38. The lowest BCUT2D eigenvalue weighted by atomic mass is 9.87. The highest BCUT2D eigenvalue weighted by molar-refractivity contribution is 5.91. The number of allylic oxidation sites excluding steroid dienone is 1. The van der Waals surface area contributed by atoms with Gasteiger partial charge in [-0.1, -0.05) is 76.7 Å². The summed E-state index contributed by atoms with van der Waals surface area (Å²) < 4.78 is 5.53. The SMILES string of the molecule is CCCCCCCC(=O)CCCCCC/C=C/C(C(=O)N[C@@H](Cc1ccc(OCCC)cc1)C(=O)O)C(CC(=O)O)C(=O)O. The Labute approximate surface area is 261 Å². The quantitative estimate of drug-likeness (QED) is 0.0698. The molecule has 10 heteroatoms. The zero-order chi connectivity index (χ0) is 32.7. The second kappa shape index (κ2) is 22.8. The van der Waals surface area contributed by atoms with Gasteiger partial charge in [0.25, 0.3) is 0 Å². The molecule has 0 aromatic heterocycles. The maximum atomic E-state index is 13.2. The van der Waals surface area contributed by atoms with Gasteiger partial charge in [-0.25, -0.2) is 4.79 Å². The van der Waals surface area contributed by atoms with E-state index in [1.54, 1.807) is 30.3 Å². The number of carboxylic acids is 3. The third kappa shape index (κ3) is 16.8. The van der Waals surface area contributed by atoms with Crippen molar-refractivity contribution in [3.8, 4) is 5.75 Å². The molecular formula is C34H51NO9. The zero-order valence-corrected chi connectivity index (χ0v) is 26.3. The molecule has 0 saturated heterocycles. The second-order valence-corrected chi connectivity index (χ2v) is 11.2. The summed E-state index contributed by atoms with van der Waals surface area (Å²) in [6.07, 6.45) is 13.7. The summed E-state index contributed by atoms with van der Waals surface area (Å²) >= 11 is 0. The summed E-state index contributed by atoms with van der Waals surface area (Å²) in [7, 11) is 0. The Hall–Kier alpha value is -3.69. The van der Waals surface area contributed by atoms with Crippen molar-refractivity contribution in [2.75, 3.05) is 6.61 Å². The van der Waals surface area contributed by atoms with E-state index in [0.717, 1.165) is 44.9 Å². The molecule has 0 aliphatic heterocycles. The van der Waals surface area contributed by atoms with Crippen molar-refractivity contribution in [3.63, 3.8) is 0 Å². The van der Waals surface area contributed by atoms with Gasteiger partial charge < -0.3 is 25.4 Å². The molecule has 1 aromatic carbocycles. The molecule has 0 fully saturated rings. The second-order valence-electron chi connectivity index (χ2n) is 11.2. The predicted octanol–water partition coefficient (Wildman–Crippen LogP) is 6.21. The summed E-state index contributed by atoms with van der Waals surface area (Å²) in [4.78, 5) is 60.5. The maximum absolute atomic E-state index is 13.2. The highest BCUT2D eigenvalue weighted by atomic mass is 16.5. The Bertz CT molecular complexity index is 1050. The fraction of sp³-hybridized carbons (Fsp3) is 0.618.